The van der Waals surface area contributed by atoms with Crippen molar-refractivity contribution in [3.8, 4) is 0 Å². The molecule has 78 valence electrons. The molecule has 0 aromatic heterocycles. The molecule has 0 aliphatic heterocycles. The number of benzene rings is 1. The third kappa shape index (κ3) is 3.00. The molecule has 0 unspecified atom stereocenters. The third-order valence-electron chi connectivity index (χ3n) is 1.68. The summed E-state index contributed by atoms with van der Waals surface area (Å²) in [6.45, 7) is 6.56. The van der Waals surface area contributed by atoms with E-state index in [1.54, 1.807) is 6.07 Å². The van der Waals surface area contributed by atoms with Gasteiger partial charge in [0.05, 0.1) is 0 Å². The van der Waals surface area contributed by atoms with Crippen molar-refractivity contribution in [3.05, 3.63) is 29.6 Å². The third-order valence-corrected chi connectivity index (χ3v) is 2.95. The van der Waals surface area contributed by atoms with E-state index < -0.39 is 0 Å². The molecule has 0 amide bonds. The van der Waals surface area contributed by atoms with Crippen LogP contribution in [0.5, 0.6) is 0 Å². The lowest BCUT2D eigenvalue weighted by atomic mass is 10.2. The lowest BCUT2D eigenvalue weighted by molar-refractivity contribution is 0.595. The first-order valence-corrected chi connectivity index (χ1v) is 5.42. The average Bonchev–Trinajstić information content (AvgIpc) is 2.06. The standard InChI is InChI=1S/C11H16FNS/c1-11(2,3)14-10-8(7-13)5-4-6-9(10)12/h4-6H,7,13H2,1-3H3. The second kappa shape index (κ2) is 4.32. The van der Waals surface area contributed by atoms with Crippen molar-refractivity contribution in [2.45, 2.75) is 37.0 Å². The average molecular weight is 213 g/mol. The van der Waals surface area contributed by atoms with E-state index in [0.717, 1.165) is 5.56 Å². The summed E-state index contributed by atoms with van der Waals surface area (Å²) < 4.78 is 13.5. The molecule has 1 nitrogen and oxygen atoms in total. The largest absolute Gasteiger partial charge is 0.326 e. The zero-order valence-electron chi connectivity index (χ0n) is 8.80. The highest BCUT2D eigenvalue weighted by Crippen LogP contribution is 2.35. The zero-order valence-corrected chi connectivity index (χ0v) is 9.62. The van der Waals surface area contributed by atoms with Crippen molar-refractivity contribution >= 4 is 11.8 Å². The Bertz CT molecular complexity index is 318. The molecule has 1 aromatic carbocycles. The van der Waals surface area contributed by atoms with E-state index in [1.807, 2.05) is 6.07 Å². The summed E-state index contributed by atoms with van der Waals surface area (Å²) in [5, 5.41) is 0. The number of halogens is 1. The molecule has 14 heavy (non-hydrogen) atoms. The maximum atomic E-state index is 13.5. The van der Waals surface area contributed by atoms with Crippen molar-refractivity contribution in [2.75, 3.05) is 0 Å². The summed E-state index contributed by atoms with van der Waals surface area (Å²) in [4.78, 5) is 0.683. The number of hydrogen-bond acceptors (Lipinski definition) is 2. The molecule has 0 aliphatic rings. The van der Waals surface area contributed by atoms with Gasteiger partial charge in [-0.15, -0.1) is 11.8 Å². The van der Waals surface area contributed by atoms with Crippen LogP contribution in [-0.2, 0) is 6.54 Å². The van der Waals surface area contributed by atoms with Crippen LogP contribution in [0.25, 0.3) is 0 Å². The monoisotopic (exact) mass is 213 g/mol. The van der Waals surface area contributed by atoms with E-state index in [1.165, 1.54) is 17.8 Å². The quantitative estimate of drug-likeness (QED) is 0.764. The van der Waals surface area contributed by atoms with Crippen LogP contribution in [0.2, 0.25) is 0 Å². The van der Waals surface area contributed by atoms with Crippen LogP contribution in [0, 0.1) is 5.82 Å². The summed E-state index contributed by atoms with van der Waals surface area (Å²) in [5.74, 6) is -0.173. The molecule has 1 aromatic rings. The molecule has 0 saturated carbocycles. The zero-order chi connectivity index (χ0) is 10.8. The number of rotatable bonds is 2. The number of thioether (sulfide) groups is 1. The second-order valence-electron chi connectivity index (χ2n) is 4.15. The normalized spacial score (nSPS) is 11.8. The van der Waals surface area contributed by atoms with Gasteiger partial charge < -0.3 is 5.73 Å². The Balaban J connectivity index is 3.05. The predicted molar refractivity (Wildman–Crippen MR) is 59.9 cm³/mol. The van der Waals surface area contributed by atoms with Crippen LogP contribution >= 0.6 is 11.8 Å². The Morgan fingerprint density at radius 2 is 2.00 bits per heavy atom. The smallest absolute Gasteiger partial charge is 0.137 e. The number of nitrogens with two attached hydrogens (primary N) is 1. The first-order chi connectivity index (χ1) is 6.44. The van der Waals surface area contributed by atoms with Gasteiger partial charge >= 0.3 is 0 Å². The summed E-state index contributed by atoms with van der Waals surface area (Å²) in [5.41, 5.74) is 6.44. The van der Waals surface area contributed by atoms with E-state index >= 15 is 0 Å². The molecule has 3 heteroatoms. The minimum absolute atomic E-state index is 0.00606. The van der Waals surface area contributed by atoms with Gasteiger partial charge in [0.2, 0.25) is 0 Å². The van der Waals surface area contributed by atoms with Gasteiger partial charge in [-0.1, -0.05) is 32.9 Å². The molecule has 0 bridgehead atoms. The summed E-state index contributed by atoms with van der Waals surface area (Å²) >= 11 is 1.52. The van der Waals surface area contributed by atoms with E-state index in [4.69, 9.17) is 5.73 Å². The SMILES string of the molecule is CC(C)(C)Sc1c(F)cccc1CN. The van der Waals surface area contributed by atoms with Gasteiger partial charge in [-0.2, -0.15) is 0 Å². The van der Waals surface area contributed by atoms with Gasteiger partial charge in [-0.25, -0.2) is 4.39 Å². The highest BCUT2D eigenvalue weighted by Gasteiger charge is 2.17. The molecule has 0 spiro atoms. The fraction of sp³-hybridized carbons (Fsp3) is 0.455. The van der Waals surface area contributed by atoms with Crippen LogP contribution in [-0.4, -0.2) is 4.75 Å². The highest BCUT2D eigenvalue weighted by atomic mass is 32.2. The molecular weight excluding hydrogens is 197 g/mol. The van der Waals surface area contributed by atoms with Gasteiger partial charge in [-0.05, 0) is 11.6 Å². The van der Waals surface area contributed by atoms with Crippen molar-refractivity contribution < 1.29 is 4.39 Å². The molecular formula is C11H16FNS. The Labute approximate surface area is 88.9 Å². The Kier molecular flexibility index (Phi) is 3.56. The molecule has 2 N–H and O–H groups in total. The van der Waals surface area contributed by atoms with Gasteiger partial charge in [0.1, 0.15) is 5.82 Å². The Morgan fingerprint density at radius 3 is 2.50 bits per heavy atom. The molecule has 0 radical (unpaired) electrons. The second-order valence-corrected chi connectivity index (χ2v) is 5.98. The minimum Gasteiger partial charge on any atom is -0.326 e. The van der Waals surface area contributed by atoms with Gasteiger partial charge in [0.25, 0.3) is 0 Å². The molecule has 0 heterocycles. The molecule has 0 aliphatic carbocycles. The van der Waals surface area contributed by atoms with Crippen molar-refractivity contribution in [3.63, 3.8) is 0 Å². The van der Waals surface area contributed by atoms with Gasteiger partial charge in [-0.3, -0.25) is 0 Å². The fourth-order valence-corrected chi connectivity index (χ4v) is 2.20. The van der Waals surface area contributed by atoms with E-state index in [-0.39, 0.29) is 10.6 Å². The fourth-order valence-electron chi connectivity index (χ4n) is 1.13. The van der Waals surface area contributed by atoms with Crippen LogP contribution < -0.4 is 5.73 Å². The van der Waals surface area contributed by atoms with Gasteiger partial charge in [0.15, 0.2) is 0 Å². The highest BCUT2D eigenvalue weighted by molar-refractivity contribution is 8.00. The van der Waals surface area contributed by atoms with E-state index in [2.05, 4.69) is 20.8 Å². The van der Waals surface area contributed by atoms with Gasteiger partial charge in [0, 0.05) is 16.2 Å². The van der Waals surface area contributed by atoms with Crippen molar-refractivity contribution in [1.82, 2.24) is 0 Å². The summed E-state index contributed by atoms with van der Waals surface area (Å²) in [6, 6.07) is 5.05. The molecule has 0 atom stereocenters. The van der Waals surface area contributed by atoms with E-state index in [9.17, 15) is 4.39 Å². The summed E-state index contributed by atoms with van der Waals surface area (Å²) in [7, 11) is 0. The van der Waals surface area contributed by atoms with Crippen LogP contribution in [0.15, 0.2) is 23.1 Å². The molecule has 0 fully saturated rings. The lowest BCUT2D eigenvalue weighted by Crippen LogP contribution is -2.10. The summed E-state index contributed by atoms with van der Waals surface area (Å²) in [6.07, 6.45) is 0. The van der Waals surface area contributed by atoms with Crippen LogP contribution in [0.4, 0.5) is 4.39 Å². The topological polar surface area (TPSA) is 26.0 Å². The lowest BCUT2D eigenvalue weighted by Gasteiger charge is -2.19. The maximum absolute atomic E-state index is 13.5. The first-order valence-electron chi connectivity index (χ1n) is 4.60. The van der Waals surface area contributed by atoms with E-state index in [0.29, 0.717) is 11.4 Å². The number of hydrogen-bond donors (Lipinski definition) is 1. The van der Waals surface area contributed by atoms with Crippen LogP contribution in [0.1, 0.15) is 26.3 Å². The Hall–Kier alpha value is -0.540. The van der Waals surface area contributed by atoms with Crippen LogP contribution in [0.3, 0.4) is 0 Å². The predicted octanol–water partition coefficient (Wildman–Crippen LogP) is 3.18. The molecule has 1 rings (SSSR count). The minimum atomic E-state index is -0.173. The van der Waals surface area contributed by atoms with Crippen molar-refractivity contribution in [2.24, 2.45) is 5.73 Å². The molecule has 0 saturated heterocycles. The first kappa shape index (κ1) is 11.5. The Morgan fingerprint density at radius 1 is 1.36 bits per heavy atom. The van der Waals surface area contributed by atoms with Crippen molar-refractivity contribution in [1.29, 1.82) is 0 Å². The maximum Gasteiger partial charge on any atom is 0.137 e.